The fourth-order valence-corrected chi connectivity index (χ4v) is 3.42. The van der Waals surface area contributed by atoms with E-state index >= 15 is 0 Å². The van der Waals surface area contributed by atoms with Gasteiger partial charge in [0.2, 0.25) is 6.10 Å². The number of esters is 1. The molecule has 0 spiro atoms. The number of ether oxygens (including phenoxy) is 1. The molecule has 1 amide bonds. The molecule has 1 fully saturated rings. The van der Waals surface area contributed by atoms with E-state index < -0.39 is 12.1 Å². The van der Waals surface area contributed by atoms with Crippen molar-refractivity contribution in [3.05, 3.63) is 76.2 Å². The summed E-state index contributed by atoms with van der Waals surface area (Å²) in [6.07, 6.45) is 0.751. The Bertz CT molecular complexity index is 1170. The molecule has 1 unspecified atom stereocenters. The van der Waals surface area contributed by atoms with E-state index in [9.17, 15) is 14.4 Å². The fourth-order valence-electron chi connectivity index (χ4n) is 3.42. The molecule has 1 saturated carbocycles. The molecule has 2 aromatic carbocycles. The molecule has 0 aliphatic heterocycles. The Labute approximate surface area is 180 Å². The van der Waals surface area contributed by atoms with Gasteiger partial charge in [0, 0.05) is 23.5 Å². The highest BCUT2D eigenvalue weighted by Gasteiger charge is 2.32. The van der Waals surface area contributed by atoms with Crippen LogP contribution in [0.5, 0.6) is 0 Å². The van der Waals surface area contributed by atoms with Crippen LogP contribution in [0.4, 0.5) is 0 Å². The van der Waals surface area contributed by atoms with Crippen LogP contribution in [0.2, 0.25) is 0 Å². The van der Waals surface area contributed by atoms with Crippen LogP contribution in [0, 0.1) is 5.92 Å². The molecule has 1 aliphatic rings. The minimum Gasteiger partial charge on any atom is -0.442 e. The van der Waals surface area contributed by atoms with Gasteiger partial charge in [0.25, 0.3) is 11.5 Å². The summed E-state index contributed by atoms with van der Waals surface area (Å²) in [5.74, 6) is -0.938. The van der Waals surface area contributed by atoms with Gasteiger partial charge in [-0.2, -0.15) is 5.10 Å². The van der Waals surface area contributed by atoms with Gasteiger partial charge in [-0.1, -0.05) is 62.4 Å². The average molecular weight is 419 g/mol. The van der Waals surface area contributed by atoms with E-state index in [2.05, 4.69) is 10.4 Å². The van der Waals surface area contributed by atoms with Gasteiger partial charge in [0.15, 0.2) is 5.69 Å². The zero-order valence-corrected chi connectivity index (χ0v) is 17.6. The van der Waals surface area contributed by atoms with Crippen molar-refractivity contribution in [3.8, 4) is 0 Å². The molecule has 3 aromatic rings. The number of nitrogens with zero attached hydrogens (tertiary/aromatic N) is 2. The third kappa shape index (κ3) is 4.66. The molecular formula is C24H25N3O4. The molecule has 0 bridgehead atoms. The smallest absolute Gasteiger partial charge is 0.360 e. The van der Waals surface area contributed by atoms with Crippen LogP contribution in [-0.4, -0.2) is 27.7 Å². The van der Waals surface area contributed by atoms with Crippen LogP contribution in [0.1, 0.15) is 48.8 Å². The Morgan fingerprint density at radius 3 is 2.35 bits per heavy atom. The number of aromatic nitrogens is 2. The van der Waals surface area contributed by atoms with E-state index in [0.29, 0.717) is 22.9 Å². The molecule has 1 aliphatic carbocycles. The largest absolute Gasteiger partial charge is 0.442 e. The Hall–Kier alpha value is -3.48. The monoisotopic (exact) mass is 419 g/mol. The lowest BCUT2D eigenvalue weighted by Gasteiger charge is -2.19. The van der Waals surface area contributed by atoms with E-state index in [0.717, 1.165) is 12.8 Å². The predicted molar refractivity (Wildman–Crippen MR) is 117 cm³/mol. The lowest BCUT2D eigenvalue weighted by atomic mass is 10.1. The second-order valence-corrected chi connectivity index (χ2v) is 8.25. The quantitative estimate of drug-likeness (QED) is 0.594. The van der Waals surface area contributed by atoms with Crippen LogP contribution < -0.4 is 10.9 Å². The number of nitrogens with one attached hydrogen (secondary N) is 1. The zero-order chi connectivity index (χ0) is 22.0. The molecule has 7 heteroatoms. The summed E-state index contributed by atoms with van der Waals surface area (Å²) in [6.45, 7) is 4.30. The maximum Gasteiger partial charge on any atom is 0.360 e. The molecule has 4 rings (SSSR count). The molecule has 1 aromatic heterocycles. The lowest BCUT2D eigenvalue weighted by molar-refractivity contribution is -0.130. The van der Waals surface area contributed by atoms with E-state index in [1.807, 2.05) is 19.9 Å². The summed E-state index contributed by atoms with van der Waals surface area (Å²) in [4.78, 5) is 38.8. The highest BCUT2D eigenvalue weighted by atomic mass is 16.5. The number of fused-ring (bicyclic) bond motifs is 1. The third-order valence-corrected chi connectivity index (χ3v) is 5.09. The molecule has 0 radical (unpaired) electrons. The second-order valence-electron chi connectivity index (χ2n) is 8.25. The summed E-state index contributed by atoms with van der Waals surface area (Å²) in [6, 6.07) is 15.8. The van der Waals surface area contributed by atoms with Crippen molar-refractivity contribution in [2.45, 2.75) is 45.4 Å². The molecule has 1 heterocycles. The van der Waals surface area contributed by atoms with Gasteiger partial charge in [0.05, 0.1) is 5.39 Å². The topological polar surface area (TPSA) is 90.3 Å². The molecule has 1 atom stereocenters. The first-order valence-electron chi connectivity index (χ1n) is 10.5. The maximum absolute atomic E-state index is 13.2. The normalized spacial score (nSPS) is 14.4. The lowest BCUT2D eigenvalue weighted by Crippen LogP contribution is -2.34. The first-order valence-corrected chi connectivity index (χ1v) is 10.5. The number of carbonyl (C=O) groups is 2. The van der Waals surface area contributed by atoms with Crippen molar-refractivity contribution in [1.29, 1.82) is 0 Å². The number of amides is 1. The Morgan fingerprint density at radius 1 is 1.06 bits per heavy atom. The van der Waals surface area contributed by atoms with Gasteiger partial charge in [-0.25, -0.2) is 9.48 Å². The predicted octanol–water partition coefficient (Wildman–Crippen LogP) is 3.23. The maximum atomic E-state index is 13.2. The average Bonchev–Trinajstić information content (AvgIpc) is 3.58. The van der Waals surface area contributed by atoms with Crippen LogP contribution in [0.3, 0.4) is 0 Å². The summed E-state index contributed by atoms with van der Waals surface area (Å²) in [5.41, 5.74) is 0.344. The summed E-state index contributed by atoms with van der Waals surface area (Å²) in [5, 5.41) is 8.02. The van der Waals surface area contributed by atoms with E-state index in [-0.39, 0.29) is 29.1 Å². The van der Waals surface area contributed by atoms with Crippen molar-refractivity contribution in [2.24, 2.45) is 5.92 Å². The molecule has 7 nitrogen and oxygen atoms in total. The van der Waals surface area contributed by atoms with Gasteiger partial charge in [0.1, 0.15) is 0 Å². The van der Waals surface area contributed by atoms with E-state index in [1.165, 1.54) is 4.68 Å². The Morgan fingerprint density at radius 2 is 1.71 bits per heavy atom. The first-order chi connectivity index (χ1) is 14.9. The zero-order valence-electron chi connectivity index (χ0n) is 17.6. The second kappa shape index (κ2) is 8.71. The van der Waals surface area contributed by atoms with Crippen molar-refractivity contribution in [2.75, 3.05) is 0 Å². The fraction of sp³-hybridized carbons (Fsp3) is 0.333. The highest BCUT2D eigenvalue weighted by molar-refractivity contribution is 6.03. The number of benzene rings is 2. The highest BCUT2D eigenvalue weighted by Crippen LogP contribution is 2.25. The van der Waals surface area contributed by atoms with Crippen molar-refractivity contribution in [3.63, 3.8) is 0 Å². The van der Waals surface area contributed by atoms with Crippen LogP contribution in [0.25, 0.3) is 10.8 Å². The van der Waals surface area contributed by atoms with Gasteiger partial charge in [-0.05, 0) is 24.8 Å². The van der Waals surface area contributed by atoms with Gasteiger partial charge >= 0.3 is 5.97 Å². The SMILES string of the molecule is CC(C)Cn1nc(C(=O)OC(C(=O)NC2CC2)c2ccccc2)c2ccccc2c1=O. The number of hydrogen-bond donors (Lipinski definition) is 1. The molecule has 31 heavy (non-hydrogen) atoms. The van der Waals surface area contributed by atoms with Gasteiger partial charge in [-0.15, -0.1) is 0 Å². The number of rotatable bonds is 7. The minimum absolute atomic E-state index is 0.0241. The summed E-state index contributed by atoms with van der Waals surface area (Å²) >= 11 is 0. The Kier molecular flexibility index (Phi) is 5.84. The van der Waals surface area contributed by atoms with Crippen LogP contribution in [-0.2, 0) is 16.1 Å². The molecule has 160 valence electrons. The van der Waals surface area contributed by atoms with Gasteiger partial charge < -0.3 is 10.1 Å². The minimum atomic E-state index is -1.10. The van der Waals surface area contributed by atoms with Crippen molar-refractivity contribution in [1.82, 2.24) is 15.1 Å². The van der Waals surface area contributed by atoms with Gasteiger partial charge in [-0.3, -0.25) is 9.59 Å². The number of carbonyl (C=O) groups excluding carboxylic acids is 2. The van der Waals surface area contributed by atoms with E-state index in [1.54, 1.807) is 48.5 Å². The Balaban J connectivity index is 1.72. The molecule has 0 saturated heterocycles. The first kappa shape index (κ1) is 20.8. The van der Waals surface area contributed by atoms with Crippen molar-refractivity contribution >= 4 is 22.6 Å². The summed E-state index contributed by atoms with van der Waals surface area (Å²) < 4.78 is 6.99. The standard InChI is InChI=1S/C24H25N3O4/c1-15(2)14-27-23(29)19-11-7-6-10-18(19)20(26-27)24(30)31-21(16-8-4-3-5-9-16)22(28)25-17-12-13-17/h3-11,15,17,21H,12-14H2,1-2H3,(H,25,28). The summed E-state index contributed by atoms with van der Waals surface area (Å²) in [7, 11) is 0. The van der Waals surface area contributed by atoms with Crippen LogP contribution in [0.15, 0.2) is 59.4 Å². The molecular weight excluding hydrogens is 394 g/mol. The van der Waals surface area contributed by atoms with E-state index in [4.69, 9.17) is 4.74 Å². The molecule has 1 N–H and O–H groups in total. The van der Waals surface area contributed by atoms with Crippen LogP contribution >= 0.6 is 0 Å². The van der Waals surface area contributed by atoms with Crippen molar-refractivity contribution < 1.29 is 14.3 Å². The number of hydrogen-bond acceptors (Lipinski definition) is 5. The third-order valence-electron chi connectivity index (χ3n) is 5.09.